The van der Waals surface area contributed by atoms with Crippen LogP contribution in [0.15, 0.2) is 24.3 Å². The first-order chi connectivity index (χ1) is 9.26. The van der Waals surface area contributed by atoms with Crippen LogP contribution in [0.5, 0.6) is 0 Å². The van der Waals surface area contributed by atoms with E-state index in [2.05, 4.69) is 0 Å². The summed E-state index contributed by atoms with van der Waals surface area (Å²) in [7, 11) is 1.67. The Bertz CT molecular complexity index is 344. The van der Waals surface area contributed by atoms with Gasteiger partial charge in [-0.15, -0.1) is 0 Å². The summed E-state index contributed by atoms with van der Waals surface area (Å²) >= 11 is 0. The van der Waals surface area contributed by atoms with Crippen LogP contribution in [0.3, 0.4) is 0 Å². The summed E-state index contributed by atoms with van der Waals surface area (Å²) in [6.45, 7) is 2.08. The Hall–Kier alpha value is -0.970. The maximum atomic E-state index is 13.0. The minimum Gasteiger partial charge on any atom is -0.396 e. The molecular weight excluding hydrogens is 247 g/mol. The van der Waals surface area contributed by atoms with Crippen molar-refractivity contribution in [3.05, 3.63) is 35.6 Å². The van der Waals surface area contributed by atoms with Gasteiger partial charge in [0, 0.05) is 33.5 Å². The molecule has 0 amide bonds. The van der Waals surface area contributed by atoms with E-state index in [9.17, 15) is 9.50 Å². The molecular formula is C15H23FO3. The summed E-state index contributed by atoms with van der Waals surface area (Å²) in [5.41, 5.74) is 0.915. The van der Waals surface area contributed by atoms with Crippen LogP contribution >= 0.6 is 0 Å². The van der Waals surface area contributed by atoms with Gasteiger partial charge in [-0.2, -0.15) is 0 Å². The molecule has 1 aromatic rings. The van der Waals surface area contributed by atoms with Gasteiger partial charge < -0.3 is 14.6 Å². The van der Waals surface area contributed by atoms with Gasteiger partial charge in [0.15, 0.2) is 0 Å². The van der Waals surface area contributed by atoms with Crippen LogP contribution < -0.4 is 0 Å². The average molecular weight is 270 g/mol. The highest BCUT2D eigenvalue weighted by molar-refractivity contribution is 5.16. The fraction of sp³-hybridized carbons (Fsp3) is 0.600. The van der Waals surface area contributed by atoms with Crippen molar-refractivity contribution in [2.75, 3.05) is 33.5 Å². The van der Waals surface area contributed by atoms with E-state index < -0.39 is 0 Å². The molecule has 0 fully saturated rings. The van der Waals surface area contributed by atoms with E-state index in [-0.39, 0.29) is 18.3 Å². The Morgan fingerprint density at radius 1 is 1.26 bits per heavy atom. The molecule has 0 aliphatic carbocycles. The largest absolute Gasteiger partial charge is 0.396 e. The van der Waals surface area contributed by atoms with E-state index in [0.717, 1.165) is 18.4 Å². The Labute approximate surface area is 114 Å². The van der Waals surface area contributed by atoms with Crippen molar-refractivity contribution >= 4 is 0 Å². The highest BCUT2D eigenvalue weighted by Gasteiger charge is 2.09. The third-order valence-corrected chi connectivity index (χ3v) is 2.98. The predicted octanol–water partition coefficient (Wildman–Crippen LogP) is 2.42. The molecule has 1 aromatic carbocycles. The molecule has 1 atom stereocenters. The number of hydrogen-bond donors (Lipinski definition) is 1. The number of hydrogen-bond acceptors (Lipinski definition) is 3. The Kier molecular flexibility index (Phi) is 8.38. The number of rotatable bonds is 10. The van der Waals surface area contributed by atoms with Crippen LogP contribution in [0.2, 0.25) is 0 Å². The fourth-order valence-electron chi connectivity index (χ4n) is 1.91. The monoisotopic (exact) mass is 270 g/mol. The van der Waals surface area contributed by atoms with Crippen molar-refractivity contribution in [2.24, 2.45) is 5.92 Å². The molecule has 1 rings (SSSR count). The van der Waals surface area contributed by atoms with Gasteiger partial charge in [-0.3, -0.25) is 0 Å². The highest BCUT2D eigenvalue weighted by atomic mass is 19.1. The number of aliphatic hydroxyl groups excluding tert-OH is 1. The van der Waals surface area contributed by atoms with E-state index in [1.54, 1.807) is 13.2 Å². The number of aliphatic hydroxyl groups is 1. The molecule has 108 valence electrons. The highest BCUT2D eigenvalue weighted by Crippen LogP contribution is 2.13. The quantitative estimate of drug-likeness (QED) is 0.664. The molecule has 4 heteroatoms. The molecule has 0 bridgehead atoms. The van der Waals surface area contributed by atoms with E-state index in [0.29, 0.717) is 26.2 Å². The zero-order valence-corrected chi connectivity index (χ0v) is 11.5. The van der Waals surface area contributed by atoms with Crippen LogP contribution in [0, 0.1) is 11.7 Å². The number of ether oxygens (including phenoxy) is 2. The maximum absolute atomic E-state index is 13.0. The molecule has 0 aliphatic heterocycles. The minimum atomic E-state index is -0.231. The topological polar surface area (TPSA) is 38.7 Å². The van der Waals surface area contributed by atoms with Gasteiger partial charge in [0.25, 0.3) is 0 Å². The summed E-state index contributed by atoms with van der Waals surface area (Å²) in [6, 6.07) is 6.52. The van der Waals surface area contributed by atoms with Gasteiger partial charge in [-0.25, -0.2) is 4.39 Å². The predicted molar refractivity (Wildman–Crippen MR) is 72.6 cm³/mol. The van der Waals surface area contributed by atoms with Gasteiger partial charge in [-0.05, 0) is 42.9 Å². The van der Waals surface area contributed by atoms with Crippen LogP contribution in [0.25, 0.3) is 0 Å². The van der Waals surface area contributed by atoms with Crippen molar-refractivity contribution in [2.45, 2.75) is 19.3 Å². The average Bonchev–Trinajstić information content (AvgIpc) is 2.41. The van der Waals surface area contributed by atoms with Crippen molar-refractivity contribution < 1.29 is 19.0 Å². The van der Waals surface area contributed by atoms with Crippen molar-refractivity contribution in [3.63, 3.8) is 0 Å². The molecule has 0 saturated carbocycles. The van der Waals surface area contributed by atoms with Crippen LogP contribution in [0.4, 0.5) is 4.39 Å². The second kappa shape index (κ2) is 9.89. The third-order valence-electron chi connectivity index (χ3n) is 2.98. The van der Waals surface area contributed by atoms with Crippen LogP contribution in [-0.2, 0) is 15.9 Å². The van der Waals surface area contributed by atoms with E-state index in [1.807, 2.05) is 6.07 Å². The minimum absolute atomic E-state index is 0.0952. The lowest BCUT2D eigenvalue weighted by Gasteiger charge is -2.14. The number of benzene rings is 1. The normalized spacial score (nSPS) is 12.6. The summed E-state index contributed by atoms with van der Waals surface area (Å²) in [5, 5.41) is 9.33. The summed E-state index contributed by atoms with van der Waals surface area (Å²) < 4.78 is 23.4. The number of methoxy groups -OCH3 is 1. The van der Waals surface area contributed by atoms with Crippen LogP contribution in [-0.4, -0.2) is 38.6 Å². The van der Waals surface area contributed by atoms with Gasteiger partial charge in [-0.1, -0.05) is 12.1 Å². The molecule has 1 N–H and O–H groups in total. The van der Waals surface area contributed by atoms with Crippen molar-refractivity contribution in [1.82, 2.24) is 0 Å². The molecule has 3 nitrogen and oxygen atoms in total. The molecule has 19 heavy (non-hydrogen) atoms. The molecule has 0 aromatic heterocycles. The maximum Gasteiger partial charge on any atom is 0.123 e. The van der Waals surface area contributed by atoms with E-state index in [4.69, 9.17) is 9.47 Å². The molecule has 0 saturated heterocycles. The first-order valence-electron chi connectivity index (χ1n) is 6.68. The molecule has 0 spiro atoms. The zero-order valence-electron chi connectivity index (χ0n) is 11.5. The summed E-state index contributed by atoms with van der Waals surface area (Å²) in [4.78, 5) is 0. The Morgan fingerprint density at radius 3 is 2.79 bits per heavy atom. The molecule has 0 aliphatic rings. The smallest absolute Gasteiger partial charge is 0.123 e. The van der Waals surface area contributed by atoms with Crippen molar-refractivity contribution in [1.29, 1.82) is 0 Å². The van der Waals surface area contributed by atoms with Gasteiger partial charge >= 0.3 is 0 Å². The van der Waals surface area contributed by atoms with Gasteiger partial charge in [0.2, 0.25) is 0 Å². The summed E-state index contributed by atoms with van der Waals surface area (Å²) in [6.07, 6.45) is 2.33. The van der Waals surface area contributed by atoms with Crippen molar-refractivity contribution in [3.8, 4) is 0 Å². The first kappa shape index (κ1) is 16.1. The van der Waals surface area contributed by atoms with Crippen LogP contribution in [0.1, 0.15) is 18.4 Å². The second-order valence-corrected chi connectivity index (χ2v) is 4.63. The Balaban J connectivity index is 2.22. The standard InChI is InChI=1S/C15H23FO3/c1-18-7-3-8-19-9-6-14(12-17)10-13-4-2-5-15(16)11-13/h2,4-5,11,14,17H,3,6-10,12H2,1H3. The van der Waals surface area contributed by atoms with Gasteiger partial charge in [0.05, 0.1) is 0 Å². The Morgan fingerprint density at radius 2 is 2.11 bits per heavy atom. The van der Waals surface area contributed by atoms with Gasteiger partial charge in [0.1, 0.15) is 5.82 Å². The lowest BCUT2D eigenvalue weighted by Crippen LogP contribution is -2.13. The lowest BCUT2D eigenvalue weighted by atomic mass is 9.97. The SMILES string of the molecule is COCCCOCCC(CO)Cc1cccc(F)c1. The second-order valence-electron chi connectivity index (χ2n) is 4.63. The molecule has 0 radical (unpaired) electrons. The van der Waals surface area contributed by atoms with E-state index in [1.165, 1.54) is 12.1 Å². The lowest BCUT2D eigenvalue weighted by molar-refractivity contribution is 0.0857. The molecule has 1 unspecified atom stereocenters. The number of halogens is 1. The molecule has 0 heterocycles. The fourth-order valence-corrected chi connectivity index (χ4v) is 1.91. The summed E-state index contributed by atoms with van der Waals surface area (Å²) in [5.74, 6) is -0.116. The third kappa shape index (κ3) is 7.25. The zero-order chi connectivity index (χ0) is 13.9. The van der Waals surface area contributed by atoms with E-state index >= 15 is 0 Å². The first-order valence-corrected chi connectivity index (χ1v) is 6.68.